The molecule has 1 spiro atoms. The minimum absolute atomic E-state index is 0.199. The molecule has 6 atom stereocenters. The zero-order valence-corrected chi connectivity index (χ0v) is 24.9. The van der Waals surface area contributed by atoms with E-state index in [1.54, 1.807) is 6.07 Å². The van der Waals surface area contributed by atoms with E-state index >= 15 is 0 Å². The van der Waals surface area contributed by atoms with Crippen LogP contribution in [0.5, 0.6) is 5.75 Å². The molecule has 2 bridgehead atoms. The molecule has 0 saturated heterocycles. The van der Waals surface area contributed by atoms with E-state index in [0.717, 1.165) is 80.9 Å². The van der Waals surface area contributed by atoms with Gasteiger partial charge in [0.2, 0.25) is 0 Å². The van der Waals surface area contributed by atoms with Crippen molar-refractivity contribution in [2.24, 2.45) is 11.8 Å². The molecule has 2 aromatic carbocycles. The molecule has 1 unspecified atom stereocenters. The number of halogens is 1. The molecule has 2 N–H and O–H groups in total. The Labute approximate surface area is 243 Å². The smallest absolute Gasteiger partial charge is 0.262 e. The highest BCUT2D eigenvalue weighted by molar-refractivity contribution is 7.99. The van der Waals surface area contributed by atoms with Crippen molar-refractivity contribution < 1.29 is 18.8 Å². The second-order valence-electron chi connectivity index (χ2n) is 12.6. The van der Waals surface area contributed by atoms with E-state index in [1.165, 1.54) is 11.1 Å². The third kappa shape index (κ3) is 5.25. The molecule has 6 nitrogen and oxygen atoms in total. The number of ether oxygens (including phenoxy) is 1. The summed E-state index contributed by atoms with van der Waals surface area (Å²) in [6.07, 6.45) is 8.07. The van der Waals surface area contributed by atoms with Gasteiger partial charge in [0.15, 0.2) is 0 Å². The van der Waals surface area contributed by atoms with Crippen molar-refractivity contribution in [2.75, 3.05) is 24.6 Å². The first-order valence-corrected chi connectivity index (χ1v) is 17.0. The topological polar surface area (TPSA) is 78.9 Å². The Morgan fingerprint density at radius 3 is 2.75 bits per heavy atom. The predicted octanol–water partition coefficient (Wildman–Crippen LogP) is 5.52. The first-order chi connectivity index (χ1) is 19.1. The Kier molecular flexibility index (Phi) is 7.60. The maximum absolute atomic E-state index is 13.4. The molecule has 0 radical (unpaired) electrons. The van der Waals surface area contributed by atoms with Gasteiger partial charge in [0, 0.05) is 34.3 Å². The Balaban J connectivity index is 1.41. The molecule has 6 rings (SSSR count). The summed E-state index contributed by atoms with van der Waals surface area (Å²) in [6, 6.07) is 11.8. The number of nitrogens with zero attached hydrogens (tertiary/aromatic N) is 1. The van der Waals surface area contributed by atoms with Gasteiger partial charge in [-0.05, 0) is 111 Å². The summed E-state index contributed by atoms with van der Waals surface area (Å²) in [5, 5.41) is 11.7. The van der Waals surface area contributed by atoms with E-state index in [4.69, 9.17) is 16.3 Å². The number of nitrogens with one attached hydrogen (secondary N) is 1. The second kappa shape index (κ2) is 10.9. The number of aliphatic hydroxyl groups is 1. The number of anilines is 1. The SMILES string of the molecule is C=S1(=O)NC(=O)c2ccc3c(c2)N(C[C@@H]2CC[C@H]2[C@@H](O)CCCC[C@H]1C)C[C@@]1(CCCc2cc(Cl)ccc21)CO3. The molecule has 2 aromatic rings. The number of aryl methyl sites for hydroxylation is 1. The molecule has 40 heavy (non-hydrogen) atoms. The summed E-state index contributed by atoms with van der Waals surface area (Å²) in [6.45, 7) is 4.01. The Bertz CT molecular complexity index is 1400. The van der Waals surface area contributed by atoms with Crippen LogP contribution in [0.15, 0.2) is 36.4 Å². The number of fused-ring (bicyclic) bond motifs is 4. The second-order valence-corrected chi connectivity index (χ2v) is 15.5. The Hall–Kier alpha value is -2.22. The summed E-state index contributed by atoms with van der Waals surface area (Å²) in [4.78, 5) is 15.8. The van der Waals surface area contributed by atoms with Crippen molar-refractivity contribution in [3.8, 4) is 5.75 Å². The number of hydrogen-bond donors (Lipinski definition) is 2. The van der Waals surface area contributed by atoms with Gasteiger partial charge in [-0.3, -0.25) is 9.52 Å². The maximum Gasteiger partial charge on any atom is 0.262 e. The van der Waals surface area contributed by atoms with Gasteiger partial charge in [0.05, 0.1) is 28.1 Å². The van der Waals surface area contributed by atoms with Gasteiger partial charge in [0.1, 0.15) is 5.75 Å². The van der Waals surface area contributed by atoms with Crippen LogP contribution in [-0.4, -0.2) is 52.1 Å². The molecule has 4 aliphatic rings. The number of rotatable bonds is 0. The molecule has 2 heterocycles. The van der Waals surface area contributed by atoms with Crippen molar-refractivity contribution in [2.45, 2.75) is 81.5 Å². The van der Waals surface area contributed by atoms with Crippen molar-refractivity contribution in [3.05, 3.63) is 58.1 Å². The van der Waals surface area contributed by atoms with Gasteiger partial charge in [-0.25, -0.2) is 4.21 Å². The van der Waals surface area contributed by atoms with E-state index in [2.05, 4.69) is 27.6 Å². The van der Waals surface area contributed by atoms with Crippen LogP contribution in [0.1, 0.15) is 79.8 Å². The molecule has 8 heteroatoms. The first kappa shape index (κ1) is 27.9. The third-order valence-corrected chi connectivity index (χ3v) is 12.3. The highest BCUT2D eigenvalue weighted by Gasteiger charge is 2.44. The minimum atomic E-state index is -2.83. The van der Waals surface area contributed by atoms with Crippen LogP contribution in [0.4, 0.5) is 5.69 Å². The molecule has 1 fully saturated rings. The highest BCUT2D eigenvalue weighted by atomic mass is 35.5. The van der Waals surface area contributed by atoms with Gasteiger partial charge in [-0.15, -0.1) is 0 Å². The average molecular weight is 585 g/mol. The fraction of sp³-hybridized carbons (Fsp3) is 0.562. The van der Waals surface area contributed by atoms with E-state index in [9.17, 15) is 14.1 Å². The molecule has 216 valence electrons. The van der Waals surface area contributed by atoms with Crippen molar-refractivity contribution in [3.63, 3.8) is 0 Å². The molecule has 2 aliphatic heterocycles. The number of benzene rings is 2. The third-order valence-electron chi connectivity index (χ3n) is 10.0. The lowest BCUT2D eigenvalue weighted by Crippen LogP contribution is -2.49. The van der Waals surface area contributed by atoms with Crippen molar-refractivity contribution in [1.82, 2.24) is 4.72 Å². The van der Waals surface area contributed by atoms with Gasteiger partial charge in [0.25, 0.3) is 5.91 Å². The quantitative estimate of drug-likeness (QED) is 0.399. The number of carbonyl (C=O) groups excluding carboxylic acids is 1. The molecule has 0 aromatic heterocycles. The molecular weight excluding hydrogens is 544 g/mol. The van der Waals surface area contributed by atoms with Crippen LogP contribution >= 0.6 is 11.6 Å². The summed E-state index contributed by atoms with van der Waals surface area (Å²) in [7, 11) is -2.83. The molecule has 1 saturated carbocycles. The zero-order chi connectivity index (χ0) is 28.1. The largest absolute Gasteiger partial charge is 0.490 e. The molecule has 1 amide bonds. The monoisotopic (exact) mass is 584 g/mol. The molecular formula is C32H41ClN2O4S. The lowest BCUT2D eigenvalue weighted by Gasteiger charge is -2.45. The predicted molar refractivity (Wildman–Crippen MR) is 163 cm³/mol. The summed E-state index contributed by atoms with van der Waals surface area (Å²) >= 11 is 6.39. The van der Waals surface area contributed by atoms with Crippen LogP contribution in [-0.2, 0) is 21.5 Å². The first-order valence-electron chi connectivity index (χ1n) is 14.8. The van der Waals surface area contributed by atoms with Crippen LogP contribution < -0.4 is 14.4 Å². The van der Waals surface area contributed by atoms with E-state index < -0.39 is 9.71 Å². The fourth-order valence-corrected chi connectivity index (χ4v) is 8.75. The van der Waals surface area contributed by atoms with Gasteiger partial charge in [-0.1, -0.05) is 30.5 Å². The Morgan fingerprint density at radius 2 is 1.95 bits per heavy atom. The van der Waals surface area contributed by atoms with Crippen LogP contribution in [0, 0.1) is 11.8 Å². The lowest BCUT2D eigenvalue weighted by molar-refractivity contribution is 0.00905. The normalized spacial score (nSPS) is 34.5. The number of aliphatic hydroxyl groups excluding tert-OH is 1. The fourth-order valence-electron chi connectivity index (χ4n) is 7.37. The van der Waals surface area contributed by atoms with E-state index in [1.807, 2.05) is 25.1 Å². The minimum Gasteiger partial charge on any atom is -0.490 e. The average Bonchev–Trinajstić information content (AvgIpc) is 3.05. The van der Waals surface area contributed by atoms with Gasteiger partial charge < -0.3 is 14.7 Å². The van der Waals surface area contributed by atoms with E-state index in [-0.39, 0.29) is 28.6 Å². The number of hydrogen-bond acceptors (Lipinski definition) is 5. The van der Waals surface area contributed by atoms with E-state index in [0.29, 0.717) is 24.5 Å². The number of amides is 1. The summed E-state index contributed by atoms with van der Waals surface area (Å²) in [5.41, 5.74) is 3.74. The van der Waals surface area contributed by atoms with Crippen LogP contribution in [0.2, 0.25) is 5.02 Å². The standard InChI is InChI=1S/C32H41ClN2O4S/c1-21-6-3-4-8-29(36)26-12-9-24(26)18-35-19-32(15-5-7-22-16-25(33)11-13-27(22)32)20-39-30-14-10-23(17-28(30)35)31(37)34-40(21,2)38/h10-11,13-14,16-17,21,24,26,29,36H,2-9,12,15,18-20H2,1H3,(H,34,37,38)/t21-,24+,26-,29+,32+,40?/m1/s1. The lowest BCUT2D eigenvalue weighted by atomic mass is 9.68. The summed E-state index contributed by atoms with van der Waals surface area (Å²) in [5.74, 6) is 4.96. The van der Waals surface area contributed by atoms with Crippen molar-refractivity contribution in [1.29, 1.82) is 0 Å². The zero-order valence-electron chi connectivity index (χ0n) is 23.4. The van der Waals surface area contributed by atoms with Gasteiger partial charge >= 0.3 is 0 Å². The Morgan fingerprint density at radius 1 is 1.12 bits per heavy atom. The van der Waals surface area contributed by atoms with Gasteiger partial charge in [-0.2, -0.15) is 0 Å². The maximum atomic E-state index is 13.4. The van der Waals surface area contributed by atoms with Crippen LogP contribution in [0.25, 0.3) is 0 Å². The van der Waals surface area contributed by atoms with Crippen LogP contribution in [0.3, 0.4) is 0 Å². The molecule has 2 aliphatic carbocycles. The summed E-state index contributed by atoms with van der Waals surface area (Å²) < 4.78 is 22.7. The van der Waals surface area contributed by atoms with Crippen molar-refractivity contribution >= 4 is 38.8 Å². The number of carbonyl (C=O) groups is 1. The highest BCUT2D eigenvalue weighted by Crippen LogP contribution is 2.47.